The van der Waals surface area contributed by atoms with Gasteiger partial charge < -0.3 is 10.1 Å². The van der Waals surface area contributed by atoms with Gasteiger partial charge in [0.1, 0.15) is 5.75 Å². The van der Waals surface area contributed by atoms with E-state index in [0.717, 1.165) is 5.75 Å². The molecule has 0 aliphatic heterocycles. The average Bonchev–Trinajstić information content (AvgIpc) is 3.24. The van der Waals surface area contributed by atoms with Crippen molar-refractivity contribution >= 4 is 0 Å². The third-order valence-electron chi connectivity index (χ3n) is 5.00. The number of hydrogen-bond donors (Lipinski definition) is 1. The molecule has 2 aliphatic rings. The van der Waals surface area contributed by atoms with Crippen molar-refractivity contribution in [3.05, 3.63) is 29.8 Å². The zero-order chi connectivity index (χ0) is 14.0. The maximum Gasteiger partial charge on any atom is 0.120 e. The van der Waals surface area contributed by atoms with E-state index >= 15 is 0 Å². The standard InChI is InChI=1S/C18H27NO/c1-18(11-4-3-5-12-18)17(19-2)14-7-6-8-16(13-14)20-15-9-10-15/h6-8,13,15,17,19H,3-5,9-12H2,1-2H3. The normalized spacial score (nSPS) is 23.3. The molecule has 2 fully saturated rings. The Morgan fingerprint density at radius 1 is 1.20 bits per heavy atom. The molecular formula is C18H27NO. The summed E-state index contributed by atoms with van der Waals surface area (Å²) in [6, 6.07) is 9.17. The van der Waals surface area contributed by atoms with Gasteiger partial charge in [0, 0.05) is 6.04 Å². The predicted molar refractivity (Wildman–Crippen MR) is 83.1 cm³/mol. The fourth-order valence-electron chi connectivity index (χ4n) is 3.71. The van der Waals surface area contributed by atoms with Gasteiger partial charge in [0.25, 0.3) is 0 Å². The van der Waals surface area contributed by atoms with Crippen LogP contribution in [0.3, 0.4) is 0 Å². The van der Waals surface area contributed by atoms with E-state index in [1.54, 1.807) is 0 Å². The first-order valence-electron chi connectivity index (χ1n) is 8.15. The maximum atomic E-state index is 5.95. The Bertz CT molecular complexity index is 446. The van der Waals surface area contributed by atoms with E-state index in [1.807, 2.05) is 0 Å². The van der Waals surface area contributed by atoms with Crippen LogP contribution in [0.2, 0.25) is 0 Å². The van der Waals surface area contributed by atoms with E-state index in [9.17, 15) is 0 Å². The minimum absolute atomic E-state index is 0.380. The van der Waals surface area contributed by atoms with E-state index in [1.165, 1.54) is 50.5 Å². The number of benzene rings is 1. The highest BCUT2D eigenvalue weighted by molar-refractivity contribution is 5.32. The van der Waals surface area contributed by atoms with E-state index in [2.05, 4.69) is 43.6 Å². The Hall–Kier alpha value is -1.02. The second-order valence-corrected chi connectivity index (χ2v) is 6.83. The summed E-state index contributed by atoms with van der Waals surface area (Å²) in [5.41, 5.74) is 1.76. The lowest BCUT2D eigenvalue weighted by Crippen LogP contribution is -2.36. The Balaban J connectivity index is 1.80. The van der Waals surface area contributed by atoms with Crippen LogP contribution < -0.4 is 10.1 Å². The molecule has 0 heterocycles. The number of ether oxygens (including phenoxy) is 1. The predicted octanol–water partition coefficient (Wildman–Crippen LogP) is 4.46. The van der Waals surface area contributed by atoms with Crippen LogP contribution in [0, 0.1) is 5.41 Å². The van der Waals surface area contributed by atoms with Gasteiger partial charge in [-0.25, -0.2) is 0 Å². The first-order valence-corrected chi connectivity index (χ1v) is 8.15. The lowest BCUT2D eigenvalue weighted by atomic mass is 9.68. The summed E-state index contributed by atoms with van der Waals surface area (Å²) in [7, 11) is 2.10. The van der Waals surface area contributed by atoms with Crippen molar-refractivity contribution in [3.63, 3.8) is 0 Å². The fraction of sp³-hybridized carbons (Fsp3) is 0.667. The van der Waals surface area contributed by atoms with Gasteiger partial charge >= 0.3 is 0 Å². The van der Waals surface area contributed by atoms with Gasteiger partial charge in [0.15, 0.2) is 0 Å². The molecule has 1 N–H and O–H groups in total. The van der Waals surface area contributed by atoms with Crippen LogP contribution in [0.5, 0.6) is 5.75 Å². The Morgan fingerprint density at radius 2 is 1.95 bits per heavy atom. The van der Waals surface area contributed by atoms with Gasteiger partial charge in [-0.05, 0) is 55.8 Å². The highest BCUT2D eigenvalue weighted by Gasteiger charge is 2.35. The summed E-state index contributed by atoms with van der Waals surface area (Å²) in [6.07, 6.45) is 9.70. The molecule has 0 amide bonds. The summed E-state index contributed by atoms with van der Waals surface area (Å²) in [5.74, 6) is 1.05. The molecule has 1 aromatic carbocycles. The zero-order valence-electron chi connectivity index (χ0n) is 12.8. The van der Waals surface area contributed by atoms with E-state index < -0.39 is 0 Å². The van der Waals surface area contributed by atoms with Crippen LogP contribution in [-0.2, 0) is 0 Å². The van der Waals surface area contributed by atoms with Crippen molar-refractivity contribution in [2.24, 2.45) is 5.41 Å². The zero-order valence-corrected chi connectivity index (χ0v) is 12.8. The van der Waals surface area contributed by atoms with E-state index in [4.69, 9.17) is 4.74 Å². The summed E-state index contributed by atoms with van der Waals surface area (Å²) < 4.78 is 5.95. The molecule has 3 rings (SSSR count). The van der Waals surface area contributed by atoms with Crippen molar-refractivity contribution in [2.45, 2.75) is 64.0 Å². The molecule has 110 valence electrons. The van der Waals surface area contributed by atoms with Gasteiger partial charge in [0.05, 0.1) is 6.10 Å². The third-order valence-corrected chi connectivity index (χ3v) is 5.00. The lowest BCUT2D eigenvalue weighted by Gasteiger charge is -2.41. The van der Waals surface area contributed by atoms with E-state index in [0.29, 0.717) is 17.6 Å². The summed E-state index contributed by atoms with van der Waals surface area (Å²) in [5, 5.41) is 3.57. The molecule has 1 aromatic rings. The highest BCUT2D eigenvalue weighted by Crippen LogP contribution is 2.46. The highest BCUT2D eigenvalue weighted by atomic mass is 16.5. The average molecular weight is 273 g/mol. The minimum atomic E-state index is 0.380. The molecule has 1 atom stereocenters. The molecule has 0 aromatic heterocycles. The SMILES string of the molecule is CNC(c1cccc(OC2CC2)c1)C1(C)CCCCC1. The van der Waals surface area contributed by atoms with Crippen LogP contribution in [0.25, 0.3) is 0 Å². The van der Waals surface area contributed by atoms with Crippen LogP contribution in [0.15, 0.2) is 24.3 Å². The van der Waals surface area contributed by atoms with Crippen molar-refractivity contribution < 1.29 is 4.74 Å². The third kappa shape index (κ3) is 3.01. The number of rotatable bonds is 5. The second kappa shape index (κ2) is 5.77. The van der Waals surface area contributed by atoms with Gasteiger partial charge in [0.2, 0.25) is 0 Å². The maximum absolute atomic E-state index is 5.95. The number of hydrogen-bond acceptors (Lipinski definition) is 2. The molecule has 20 heavy (non-hydrogen) atoms. The largest absolute Gasteiger partial charge is 0.490 e. The molecule has 2 aliphatic carbocycles. The molecule has 1 unspecified atom stereocenters. The summed E-state index contributed by atoms with van der Waals surface area (Å²) >= 11 is 0. The van der Waals surface area contributed by atoms with Crippen molar-refractivity contribution in [1.29, 1.82) is 0 Å². The Kier molecular flexibility index (Phi) is 4.02. The smallest absolute Gasteiger partial charge is 0.120 e. The van der Waals surface area contributed by atoms with Crippen molar-refractivity contribution in [1.82, 2.24) is 5.32 Å². The molecule has 0 bridgehead atoms. The first kappa shape index (κ1) is 13.9. The lowest BCUT2D eigenvalue weighted by molar-refractivity contribution is 0.150. The van der Waals surface area contributed by atoms with E-state index in [-0.39, 0.29) is 0 Å². The van der Waals surface area contributed by atoms with Crippen molar-refractivity contribution in [3.8, 4) is 5.75 Å². The molecule has 2 heteroatoms. The molecule has 2 nitrogen and oxygen atoms in total. The molecule has 0 radical (unpaired) electrons. The number of nitrogens with one attached hydrogen (secondary N) is 1. The molecule has 0 saturated heterocycles. The van der Waals surface area contributed by atoms with Gasteiger partial charge in [-0.3, -0.25) is 0 Å². The van der Waals surface area contributed by atoms with Gasteiger partial charge in [-0.15, -0.1) is 0 Å². The summed E-state index contributed by atoms with van der Waals surface area (Å²) in [6.45, 7) is 2.45. The second-order valence-electron chi connectivity index (χ2n) is 6.83. The van der Waals surface area contributed by atoms with Crippen LogP contribution in [-0.4, -0.2) is 13.2 Å². The minimum Gasteiger partial charge on any atom is -0.490 e. The monoisotopic (exact) mass is 273 g/mol. The molecular weight excluding hydrogens is 246 g/mol. The topological polar surface area (TPSA) is 21.3 Å². The van der Waals surface area contributed by atoms with Gasteiger partial charge in [-0.2, -0.15) is 0 Å². The first-order chi connectivity index (χ1) is 9.71. The van der Waals surface area contributed by atoms with Gasteiger partial charge in [-0.1, -0.05) is 38.3 Å². The summed E-state index contributed by atoms with van der Waals surface area (Å²) in [4.78, 5) is 0. The molecule has 2 saturated carbocycles. The quantitative estimate of drug-likeness (QED) is 0.855. The fourth-order valence-corrected chi connectivity index (χ4v) is 3.71. The Morgan fingerprint density at radius 3 is 2.60 bits per heavy atom. The van der Waals surface area contributed by atoms with Crippen LogP contribution in [0.1, 0.15) is 63.5 Å². The Labute approximate surface area is 122 Å². The van der Waals surface area contributed by atoms with Crippen LogP contribution >= 0.6 is 0 Å². The molecule has 0 spiro atoms. The van der Waals surface area contributed by atoms with Crippen LogP contribution in [0.4, 0.5) is 0 Å². The van der Waals surface area contributed by atoms with Crippen molar-refractivity contribution in [2.75, 3.05) is 7.05 Å².